The topological polar surface area (TPSA) is 0 Å². The highest BCUT2D eigenvalue weighted by Gasteiger charge is 1.80. The highest BCUT2D eigenvalue weighted by atomic mass is 13.8. The minimum absolute atomic E-state index is 1.06. The Morgan fingerprint density at radius 2 is 2.38 bits per heavy atom. The van der Waals surface area contributed by atoms with Crippen molar-refractivity contribution in [2.45, 2.75) is 20.3 Å². The molecule has 0 amide bonds. The SMILES string of the molecule is C#C[CH]C(C)=CCC. The zero-order valence-electron chi connectivity index (χ0n) is 5.44. The van der Waals surface area contributed by atoms with E-state index in [9.17, 15) is 0 Å². The fourth-order valence-electron chi connectivity index (χ4n) is 0.512. The van der Waals surface area contributed by atoms with Gasteiger partial charge in [0, 0.05) is 0 Å². The van der Waals surface area contributed by atoms with E-state index >= 15 is 0 Å². The van der Waals surface area contributed by atoms with Crippen molar-refractivity contribution in [3.63, 3.8) is 0 Å². The lowest BCUT2D eigenvalue weighted by atomic mass is 10.2. The Morgan fingerprint density at radius 1 is 1.75 bits per heavy atom. The van der Waals surface area contributed by atoms with Crippen molar-refractivity contribution in [1.82, 2.24) is 0 Å². The van der Waals surface area contributed by atoms with Crippen molar-refractivity contribution in [3.8, 4) is 12.3 Å². The highest BCUT2D eigenvalue weighted by Crippen LogP contribution is 1.96. The summed E-state index contributed by atoms with van der Waals surface area (Å²) >= 11 is 0. The van der Waals surface area contributed by atoms with Crippen molar-refractivity contribution < 1.29 is 0 Å². The molecule has 0 aliphatic carbocycles. The lowest BCUT2D eigenvalue weighted by Gasteiger charge is -1.87. The van der Waals surface area contributed by atoms with Gasteiger partial charge in [-0.25, -0.2) is 0 Å². The molecule has 0 rings (SSSR count). The molecule has 8 heavy (non-hydrogen) atoms. The third-order valence-corrected chi connectivity index (χ3v) is 0.837. The molecule has 0 saturated heterocycles. The van der Waals surface area contributed by atoms with E-state index in [1.807, 2.05) is 6.92 Å². The second-order valence-corrected chi connectivity index (χ2v) is 1.67. The fourth-order valence-corrected chi connectivity index (χ4v) is 0.512. The summed E-state index contributed by atoms with van der Waals surface area (Å²) < 4.78 is 0. The Balaban J connectivity index is 3.49. The summed E-state index contributed by atoms with van der Waals surface area (Å²) in [5.41, 5.74) is 1.18. The summed E-state index contributed by atoms with van der Waals surface area (Å²) in [6.45, 7) is 4.09. The van der Waals surface area contributed by atoms with E-state index in [2.05, 4.69) is 18.9 Å². The molecule has 0 unspecified atom stereocenters. The first-order valence-electron chi connectivity index (χ1n) is 2.77. The van der Waals surface area contributed by atoms with Crippen molar-refractivity contribution in [2.75, 3.05) is 0 Å². The predicted molar refractivity (Wildman–Crippen MR) is 37.2 cm³/mol. The number of terminal acetylenes is 1. The summed E-state index contributed by atoms with van der Waals surface area (Å²) in [6.07, 6.45) is 9.94. The number of hydrogen-bond acceptors (Lipinski definition) is 0. The Labute approximate surface area is 51.6 Å². The third-order valence-electron chi connectivity index (χ3n) is 0.837. The molecule has 0 heterocycles. The molecule has 43 valence electrons. The van der Waals surface area contributed by atoms with Gasteiger partial charge < -0.3 is 0 Å². The van der Waals surface area contributed by atoms with E-state index in [0.717, 1.165) is 6.42 Å². The van der Waals surface area contributed by atoms with E-state index in [1.165, 1.54) is 5.57 Å². The van der Waals surface area contributed by atoms with Crippen LogP contribution in [0.15, 0.2) is 11.6 Å². The smallest absolute Gasteiger partial charge is 0.0582 e. The zero-order valence-corrected chi connectivity index (χ0v) is 5.44. The zero-order chi connectivity index (χ0) is 6.41. The minimum Gasteiger partial charge on any atom is -0.119 e. The van der Waals surface area contributed by atoms with E-state index in [-0.39, 0.29) is 0 Å². The monoisotopic (exact) mass is 107 g/mol. The molecule has 0 aliphatic heterocycles. The van der Waals surface area contributed by atoms with Crippen LogP contribution in [0.25, 0.3) is 0 Å². The van der Waals surface area contributed by atoms with Crippen LogP contribution < -0.4 is 0 Å². The highest BCUT2D eigenvalue weighted by molar-refractivity contribution is 5.22. The van der Waals surface area contributed by atoms with Crippen LogP contribution >= 0.6 is 0 Å². The van der Waals surface area contributed by atoms with Gasteiger partial charge in [-0.15, -0.1) is 6.42 Å². The number of rotatable bonds is 2. The second kappa shape index (κ2) is 4.46. The van der Waals surface area contributed by atoms with Crippen LogP contribution in [-0.2, 0) is 0 Å². The Hall–Kier alpha value is -0.700. The molecule has 0 saturated carbocycles. The summed E-state index contributed by atoms with van der Waals surface area (Å²) in [6, 6.07) is 0. The number of hydrogen-bond donors (Lipinski definition) is 0. The molecule has 0 spiro atoms. The summed E-state index contributed by atoms with van der Waals surface area (Å²) in [5.74, 6) is 2.46. The number of allylic oxidation sites excluding steroid dienone is 2. The molecular formula is C8H11. The molecule has 0 bridgehead atoms. The van der Waals surface area contributed by atoms with Gasteiger partial charge in [-0.05, 0) is 13.3 Å². The molecule has 1 radical (unpaired) electrons. The van der Waals surface area contributed by atoms with E-state index in [1.54, 1.807) is 6.42 Å². The maximum absolute atomic E-state index is 5.01. The molecule has 0 aromatic rings. The van der Waals surface area contributed by atoms with E-state index in [4.69, 9.17) is 6.42 Å². The fraction of sp³-hybridized carbons (Fsp3) is 0.375. The third kappa shape index (κ3) is 3.49. The van der Waals surface area contributed by atoms with Gasteiger partial charge in [-0.3, -0.25) is 0 Å². The van der Waals surface area contributed by atoms with Gasteiger partial charge in [-0.2, -0.15) is 0 Å². The molecule has 0 aliphatic rings. The summed E-state index contributed by atoms with van der Waals surface area (Å²) in [7, 11) is 0. The van der Waals surface area contributed by atoms with Crippen molar-refractivity contribution in [2.24, 2.45) is 0 Å². The lowest BCUT2D eigenvalue weighted by Crippen LogP contribution is -1.71. The van der Waals surface area contributed by atoms with Gasteiger partial charge in [0.05, 0.1) is 6.42 Å². The molecular weight excluding hydrogens is 96.1 g/mol. The molecule has 0 N–H and O–H groups in total. The quantitative estimate of drug-likeness (QED) is 0.474. The van der Waals surface area contributed by atoms with Gasteiger partial charge in [0.25, 0.3) is 0 Å². The maximum atomic E-state index is 5.01. The average Bonchev–Trinajstić information content (AvgIpc) is 1.68. The molecule has 0 aromatic heterocycles. The summed E-state index contributed by atoms with van der Waals surface area (Å²) in [4.78, 5) is 0. The molecule has 0 aromatic carbocycles. The maximum Gasteiger partial charge on any atom is 0.0582 e. The Kier molecular flexibility index (Phi) is 4.07. The largest absolute Gasteiger partial charge is 0.119 e. The molecule has 0 nitrogen and oxygen atoms in total. The Morgan fingerprint density at radius 3 is 2.75 bits per heavy atom. The van der Waals surface area contributed by atoms with Crippen LogP contribution in [0.2, 0.25) is 0 Å². The first-order valence-corrected chi connectivity index (χ1v) is 2.77. The van der Waals surface area contributed by atoms with Crippen LogP contribution in [0.1, 0.15) is 20.3 Å². The van der Waals surface area contributed by atoms with Crippen LogP contribution in [-0.4, -0.2) is 0 Å². The van der Waals surface area contributed by atoms with Gasteiger partial charge >= 0.3 is 0 Å². The first kappa shape index (κ1) is 7.30. The Bertz CT molecular complexity index is 112. The lowest BCUT2D eigenvalue weighted by molar-refractivity contribution is 1.19. The molecule has 0 atom stereocenters. The summed E-state index contributed by atoms with van der Waals surface area (Å²) in [5, 5.41) is 0. The van der Waals surface area contributed by atoms with Crippen LogP contribution in [0.5, 0.6) is 0 Å². The van der Waals surface area contributed by atoms with Gasteiger partial charge in [0.2, 0.25) is 0 Å². The van der Waals surface area contributed by atoms with Crippen molar-refractivity contribution in [1.29, 1.82) is 0 Å². The minimum atomic E-state index is 1.06. The standard InChI is InChI=1S/C8H11/c1-4-6-8(3)7-5-2/h1,6-7H,5H2,2-3H3. The average molecular weight is 107 g/mol. The van der Waals surface area contributed by atoms with E-state index in [0.29, 0.717) is 0 Å². The molecule has 0 fully saturated rings. The van der Waals surface area contributed by atoms with Crippen molar-refractivity contribution in [3.05, 3.63) is 18.1 Å². The van der Waals surface area contributed by atoms with Crippen molar-refractivity contribution >= 4 is 0 Å². The molecule has 0 heteroatoms. The first-order chi connectivity index (χ1) is 3.81. The van der Waals surface area contributed by atoms with Crippen LogP contribution in [0.4, 0.5) is 0 Å². The second-order valence-electron chi connectivity index (χ2n) is 1.67. The van der Waals surface area contributed by atoms with Gasteiger partial charge in [-0.1, -0.05) is 24.5 Å². The predicted octanol–water partition coefficient (Wildman–Crippen LogP) is 2.18. The van der Waals surface area contributed by atoms with Gasteiger partial charge in [0.1, 0.15) is 0 Å². The van der Waals surface area contributed by atoms with Crippen LogP contribution in [0, 0.1) is 18.8 Å². The van der Waals surface area contributed by atoms with Gasteiger partial charge in [0.15, 0.2) is 0 Å². The normalized spacial score (nSPS) is 10.9. The van der Waals surface area contributed by atoms with E-state index < -0.39 is 0 Å². The van der Waals surface area contributed by atoms with Crippen LogP contribution in [0.3, 0.4) is 0 Å².